The van der Waals surface area contributed by atoms with E-state index in [0.717, 1.165) is 4.88 Å². The zero-order valence-electron chi connectivity index (χ0n) is 10.4. The lowest BCUT2D eigenvalue weighted by Crippen LogP contribution is -2.20. The Kier molecular flexibility index (Phi) is 3.12. The van der Waals surface area contributed by atoms with Crippen LogP contribution in [0.25, 0.3) is 5.76 Å². The van der Waals surface area contributed by atoms with E-state index in [1.165, 1.54) is 11.3 Å². The second-order valence-corrected chi connectivity index (χ2v) is 5.36. The molecule has 2 heterocycles. The third-order valence-corrected chi connectivity index (χ3v) is 4.08. The Morgan fingerprint density at radius 3 is 2.50 bits per heavy atom. The molecule has 1 atom stereocenters. The average molecular weight is 285 g/mol. The summed E-state index contributed by atoms with van der Waals surface area (Å²) in [5.74, 6) is -1.50. The largest absolute Gasteiger partial charge is 0.507 e. The van der Waals surface area contributed by atoms with Crippen LogP contribution in [0.2, 0.25) is 0 Å². The van der Waals surface area contributed by atoms with Crippen LogP contribution in [-0.4, -0.2) is 16.8 Å². The summed E-state index contributed by atoms with van der Waals surface area (Å²) in [6, 6.07) is 11.8. The summed E-state index contributed by atoms with van der Waals surface area (Å²) in [5.41, 5.74) is 0.637. The van der Waals surface area contributed by atoms with Crippen molar-refractivity contribution in [2.24, 2.45) is 0 Å². The summed E-state index contributed by atoms with van der Waals surface area (Å²) >= 11 is 1.43. The normalized spacial score (nSPS) is 20.9. The van der Waals surface area contributed by atoms with Crippen LogP contribution in [0.1, 0.15) is 16.5 Å². The maximum absolute atomic E-state index is 12.0. The van der Waals surface area contributed by atoms with Gasteiger partial charge in [-0.2, -0.15) is 0 Å². The molecule has 20 heavy (non-hydrogen) atoms. The number of carbonyl (C=O) groups excluding carboxylic acids is 2. The van der Waals surface area contributed by atoms with Crippen LogP contribution >= 0.6 is 11.3 Å². The number of ketones is 1. The molecule has 1 unspecified atom stereocenters. The molecule has 4 nitrogen and oxygen atoms in total. The van der Waals surface area contributed by atoms with Gasteiger partial charge in [0.05, 0.1) is 11.6 Å². The lowest BCUT2D eigenvalue weighted by Gasteiger charge is -2.11. The Bertz CT molecular complexity index is 689. The summed E-state index contributed by atoms with van der Waals surface area (Å²) in [5, 5.41) is 14.8. The van der Waals surface area contributed by atoms with Gasteiger partial charge in [-0.05, 0) is 11.4 Å². The highest BCUT2D eigenvalue weighted by atomic mass is 32.1. The van der Waals surface area contributed by atoms with Gasteiger partial charge < -0.3 is 10.4 Å². The number of benzene rings is 1. The lowest BCUT2D eigenvalue weighted by molar-refractivity contribution is -0.133. The van der Waals surface area contributed by atoms with Gasteiger partial charge in [0.15, 0.2) is 0 Å². The van der Waals surface area contributed by atoms with Crippen molar-refractivity contribution in [3.63, 3.8) is 0 Å². The molecule has 0 bridgehead atoms. The molecule has 0 aliphatic carbocycles. The number of hydrogen-bond donors (Lipinski definition) is 2. The van der Waals surface area contributed by atoms with Crippen molar-refractivity contribution in [1.29, 1.82) is 0 Å². The first-order valence-corrected chi connectivity index (χ1v) is 6.93. The monoisotopic (exact) mass is 285 g/mol. The molecule has 2 N–H and O–H groups in total. The highest BCUT2D eigenvalue weighted by Crippen LogP contribution is 2.34. The number of aliphatic hydroxyl groups is 1. The minimum atomic E-state index is -0.680. The molecule has 2 aromatic rings. The number of aliphatic hydroxyl groups excluding tert-OH is 1. The van der Waals surface area contributed by atoms with Gasteiger partial charge in [0.1, 0.15) is 5.76 Å². The lowest BCUT2D eigenvalue weighted by atomic mass is 10.0. The molecular formula is C15H11NO3S. The maximum atomic E-state index is 12.0. The number of rotatable bonds is 2. The molecule has 0 radical (unpaired) electrons. The first-order chi connectivity index (χ1) is 9.68. The molecule has 100 valence electrons. The molecule has 1 saturated heterocycles. The van der Waals surface area contributed by atoms with Crippen molar-refractivity contribution in [3.8, 4) is 0 Å². The zero-order valence-corrected chi connectivity index (χ0v) is 11.2. The standard InChI is InChI=1S/C15H11NO3S/c17-13(9-5-2-1-3-6-9)11-12(10-7-4-8-20-10)16-15(19)14(11)18/h1-8,12,17H,(H,16,19)/b13-11+. The Balaban J connectivity index is 2.13. The van der Waals surface area contributed by atoms with E-state index < -0.39 is 17.7 Å². The predicted molar refractivity (Wildman–Crippen MR) is 76.2 cm³/mol. The van der Waals surface area contributed by atoms with Gasteiger partial charge in [0.2, 0.25) is 0 Å². The van der Waals surface area contributed by atoms with Crippen molar-refractivity contribution in [2.75, 3.05) is 0 Å². The Hall–Kier alpha value is -2.40. The molecule has 0 spiro atoms. The van der Waals surface area contributed by atoms with E-state index >= 15 is 0 Å². The minimum absolute atomic E-state index is 0.114. The van der Waals surface area contributed by atoms with Gasteiger partial charge in [-0.1, -0.05) is 36.4 Å². The number of hydrogen-bond acceptors (Lipinski definition) is 4. The molecule has 1 fully saturated rings. The highest BCUT2D eigenvalue weighted by molar-refractivity contribution is 7.10. The van der Waals surface area contributed by atoms with E-state index in [-0.39, 0.29) is 11.3 Å². The van der Waals surface area contributed by atoms with Crippen LogP contribution in [0.15, 0.2) is 53.4 Å². The summed E-state index contributed by atoms with van der Waals surface area (Å²) in [6.45, 7) is 0. The highest BCUT2D eigenvalue weighted by Gasteiger charge is 2.39. The molecule has 1 aromatic carbocycles. The van der Waals surface area contributed by atoms with Gasteiger partial charge in [-0.3, -0.25) is 9.59 Å². The maximum Gasteiger partial charge on any atom is 0.293 e. The van der Waals surface area contributed by atoms with E-state index in [1.54, 1.807) is 24.3 Å². The third kappa shape index (κ3) is 2.02. The van der Waals surface area contributed by atoms with E-state index in [4.69, 9.17) is 0 Å². The molecule has 0 saturated carbocycles. The molecule has 5 heteroatoms. The van der Waals surface area contributed by atoms with Crippen LogP contribution in [0.3, 0.4) is 0 Å². The van der Waals surface area contributed by atoms with E-state index in [0.29, 0.717) is 5.56 Å². The molecule has 1 aliphatic rings. The fraction of sp³-hybridized carbons (Fsp3) is 0.0667. The summed E-state index contributed by atoms with van der Waals surface area (Å²) in [6.07, 6.45) is 0. The summed E-state index contributed by atoms with van der Waals surface area (Å²) in [7, 11) is 0. The number of carbonyl (C=O) groups is 2. The Labute approximate surface area is 119 Å². The topological polar surface area (TPSA) is 66.4 Å². The first kappa shape index (κ1) is 12.6. The van der Waals surface area contributed by atoms with Crippen molar-refractivity contribution >= 4 is 28.8 Å². The van der Waals surface area contributed by atoms with Crippen LogP contribution < -0.4 is 5.32 Å². The average Bonchev–Trinajstić information content (AvgIpc) is 3.09. The van der Waals surface area contributed by atoms with E-state index in [2.05, 4.69) is 5.32 Å². The summed E-state index contributed by atoms with van der Waals surface area (Å²) in [4.78, 5) is 24.4. The predicted octanol–water partition coefficient (Wildman–Crippen LogP) is 2.46. The Morgan fingerprint density at radius 2 is 1.85 bits per heavy atom. The number of Topliss-reactive ketones (excluding diaryl/α,β-unsaturated/α-hetero) is 1. The zero-order chi connectivity index (χ0) is 14.1. The quantitative estimate of drug-likeness (QED) is 0.506. The van der Waals surface area contributed by atoms with Crippen molar-refractivity contribution in [3.05, 3.63) is 63.9 Å². The summed E-state index contributed by atoms with van der Waals surface area (Å²) < 4.78 is 0. The second kappa shape index (κ2) is 4.94. The number of amides is 1. The molecule has 1 amide bonds. The van der Waals surface area contributed by atoms with E-state index in [9.17, 15) is 14.7 Å². The second-order valence-electron chi connectivity index (χ2n) is 4.38. The molecular weight excluding hydrogens is 274 g/mol. The van der Waals surface area contributed by atoms with Gasteiger partial charge in [-0.15, -0.1) is 11.3 Å². The number of thiophene rings is 1. The molecule has 3 rings (SSSR count). The smallest absolute Gasteiger partial charge is 0.293 e. The van der Waals surface area contributed by atoms with Crippen molar-refractivity contribution in [1.82, 2.24) is 5.32 Å². The molecule has 1 aromatic heterocycles. The van der Waals surface area contributed by atoms with Crippen LogP contribution in [0, 0.1) is 0 Å². The molecule has 1 aliphatic heterocycles. The fourth-order valence-electron chi connectivity index (χ4n) is 2.19. The van der Waals surface area contributed by atoms with Gasteiger partial charge in [0, 0.05) is 10.4 Å². The SMILES string of the molecule is O=C1NC(c2cccs2)/C(=C(\O)c2ccccc2)C1=O. The van der Waals surface area contributed by atoms with Gasteiger partial charge in [-0.25, -0.2) is 0 Å². The fourth-order valence-corrected chi connectivity index (χ4v) is 2.97. The van der Waals surface area contributed by atoms with Gasteiger partial charge in [0.25, 0.3) is 11.7 Å². The van der Waals surface area contributed by atoms with Crippen molar-refractivity contribution < 1.29 is 14.7 Å². The number of nitrogens with one attached hydrogen (secondary N) is 1. The van der Waals surface area contributed by atoms with E-state index in [1.807, 2.05) is 23.6 Å². The van der Waals surface area contributed by atoms with Crippen LogP contribution in [0.5, 0.6) is 0 Å². The van der Waals surface area contributed by atoms with Crippen LogP contribution in [-0.2, 0) is 9.59 Å². The first-order valence-electron chi connectivity index (χ1n) is 6.05. The van der Waals surface area contributed by atoms with Crippen molar-refractivity contribution in [2.45, 2.75) is 6.04 Å². The van der Waals surface area contributed by atoms with Crippen LogP contribution in [0.4, 0.5) is 0 Å². The van der Waals surface area contributed by atoms with Gasteiger partial charge >= 0.3 is 0 Å². The Morgan fingerprint density at radius 1 is 1.10 bits per heavy atom. The third-order valence-electron chi connectivity index (χ3n) is 3.15. The minimum Gasteiger partial charge on any atom is -0.507 e.